The van der Waals surface area contributed by atoms with E-state index in [0.717, 1.165) is 25.7 Å². The van der Waals surface area contributed by atoms with Crippen LogP contribution in [0, 0.1) is 5.92 Å². The molecule has 3 atom stereocenters. The highest BCUT2D eigenvalue weighted by molar-refractivity contribution is 5.81. The van der Waals surface area contributed by atoms with Crippen molar-refractivity contribution in [3.05, 3.63) is 12.7 Å². The maximum Gasteiger partial charge on any atom is 0.330 e. The number of hydrogen-bond donors (Lipinski definition) is 1. The quantitative estimate of drug-likeness (QED) is 0.552. The van der Waals surface area contributed by atoms with E-state index in [9.17, 15) is 9.90 Å². The number of ether oxygens (including phenoxy) is 1. The molecule has 0 aromatic carbocycles. The summed E-state index contributed by atoms with van der Waals surface area (Å²) in [5.41, 5.74) is 0. The molecule has 0 aliphatic heterocycles. The number of aliphatic hydroxyl groups excluding tert-OH is 1. The smallest absolute Gasteiger partial charge is 0.330 e. The van der Waals surface area contributed by atoms with Gasteiger partial charge in [-0.15, -0.1) is 0 Å². The lowest BCUT2D eigenvalue weighted by Crippen LogP contribution is -2.14. The van der Waals surface area contributed by atoms with Gasteiger partial charge in [-0.2, -0.15) is 0 Å². The highest BCUT2D eigenvalue weighted by Crippen LogP contribution is 2.31. The number of aliphatic hydroxyl groups is 1. The fourth-order valence-corrected chi connectivity index (χ4v) is 2.04. The molecule has 3 nitrogen and oxygen atoms in total. The van der Waals surface area contributed by atoms with Gasteiger partial charge in [0, 0.05) is 6.08 Å². The molecular formula is C11H18O3. The van der Waals surface area contributed by atoms with Crippen LogP contribution in [0.25, 0.3) is 0 Å². The molecule has 1 aliphatic carbocycles. The van der Waals surface area contributed by atoms with E-state index in [-0.39, 0.29) is 18.2 Å². The zero-order chi connectivity index (χ0) is 10.6. The van der Waals surface area contributed by atoms with Crippen molar-refractivity contribution in [2.45, 2.75) is 44.8 Å². The van der Waals surface area contributed by atoms with Gasteiger partial charge in [0.15, 0.2) is 0 Å². The minimum absolute atomic E-state index is 0.0317. The van der Waals surface area contributed by atoms with Crippen LogP contribution < -0.4 is 0 Å². The van der Waals surface area contributed by atoms with Crippen molar-refractivity contribution in [3.63, 3.8) is 0 Å². The van der Waals surface area contributed by atoms with Gasteiger partial charge in [0.1, 0.15) is 6.10 Å². The average molecular weight is 198 g/mol. The van der Waals surface area contributed by atoms with Gasteiger partial charge in [-0.25, -0.2) is 4.79 Å². The molecule has 0 aromatic rings. The zero-order valence-corrected chi connectivity index (χ0v) is 8.61. The topological polar surface area (TPSA) is 46.5 Å². The second-order valence-corrected chi connectivity index (χ2v) is 4.03. The fourth-order valence-electron chi connectivity index (χ4n) is 2.04. The Bertz CT molecular complexity index is 211. The molecule has 14 heavy (non-hydrogen) atoms. The summed E-state index contributed by atoms with van der Waals surface area (Å²) in [6.07, 6.45) is 4.61. The van der Waals surface area contributed by atoms with Crippen LogP contribution in [0.5, 0.6) is 0 Å². The number of hydrogen-bond acceptors (Lipinski definition) is 3. The Morgan fingerprint density at radius 3 is 3.00 bits per heavy atom. The zero-order valence-electron chi connectivity index (χ0n) is 8.61. The molecule has 0 aromatic heterocycles. The van der Waals surface area contributed by atoms with Gasteiger partial charge in [-0.1, -0.05) is 6.58 Å². The van der Waals surface area contributed by atoms with Crippen molar-refractivity contribution in [1.82, 2.24) is 0 Å². The summed E-state index contributed by atoms with van der Waals surface area (Å²) in [5, 5.41) is 9.20. The van der Waals surface area contributed by atoms with Gasteiger partial charge in [-0.05, 0) is 38.5 Å². The van der Waals surface area contributed by atoms with Crippen LogP contribution >= 0.6 is 0 Å². The van der Waals surface area contributed by atoms with Crippen LogP contribution in [0.4, 0.5) is 0 Å². The van der Waals surface area contributed by atoms with Crippen LogP contribution in [0.1, 0.15) is 32.6 Å². The lowest BCUT2D eigenvalue weighted by Gasteiger charge is -2.12. The van der Waals surface area contributed by atoms with Gasteiger partial charge in [0.25, 0.3) is 0 Å². The highest BCUT2D eigenvalue weighted by atomic mass is 16.5. The summed E-state index contributed by atoms with van der Waals surface area (Å²) in [4.78, 5) is 10.9. The van der Waals surface area contributed by atoms with Crippen LogP contribution in [0.3, 0.4) is 0 Å². The van der Waals surface area contributed by atoms with Crippen LogP contribution in [-0.2, 0) is 9.53 Å². The third-order valence-corrected chi connectivity index (χ3v) is 2.62. The first-order valence-electron chi connectivity index (χ1n) is 5.13. The minimum Gasteiger partial charge on any atom is -0.459 e. The van der Waals surface area contributed by atoms with E-state index < -0.39 is 0 Å². The van der Waals surface area contributed by atoms with Crippen molar-refractivity contribution in [2.75, 3.05) is 0 Å². The summed E-state index contributed by atoms with van der Waals surface area (Å²) in [6, 6.07) is 0. The van der Waals surface area contributed by atoms with E-state index in [1.54, 1.807) is 6.92 Å². The Morgan fingerprint density at radius 1 is 1.71 bits per heavy atom. The first kappa shape index (κ1) is 11.2. The number of rotatable bonds is 4. The Labute approximate surface area is 84.8 Å². The molecule has 1 rings (SSSR count). The molecule has 0 spiro atoms. The maximum absolute atomic E-state index is 10.9. The van der Waals surface area contributed by atoms with Crippen LogP contribution in [0.2, 0.25) is 0 Å². The summed E-state index contributed by atoms with van der Waals surface area (Å²) < 4.78 is 5.13. The van der Waals surface area contributed by atoms with E-state index in [4.69, 9.17) is 4.74 Å². The first-order chi connectivity index (χ1) is 6.61. The second-order valence-electron chi connectivity index (χ2n) is 4.03. The Hall–Kier alpha value is -0.830. The summed E-state index contributed by atoms with van der Waals surface area (Å²) >= 11 is 0. The van der Waals surface area contributed by atoms with Crippen LogP contribution in [-0.4, -0.2) is 23.3 Å². The maximum atomic E-state index is 10.9. The Balaban J connectivity index is 2.26. The molecule has 1 aliphatic rings. The van der Waals surface area contributed by atoms with E-state index in [1.165, 1.54) is 6.08 Å². The molecular weight excluding hydrogens is 180 g/mol. The lowest BCUT2D eigenvalue weighted by molar-refractivity contribution is -0.142. The number of esters is 1. The average Bonchev–Trinajstić information content (AvgIpc) is 2.51. The van der Waals surface area contributed by atoms with Gasteiger partial charge in [0.2, 0.25) is 0 Å². The summed E-state index contributed by atoms with van der Waals surface area (Å²) in [5.74, 6) is 0.158. The molecule has 80 valence electrons. The molecule has 1 N–H and O–H groups in total. The van der Waals surface area contributed by atoms with Gasteiger partial charge >= 0.3 is 5.97 Å². The van der Waals surface area contributed by atoms with E-state index in [0.29, 0.717) is 5.92 Å². The molecule has 1 saturated carbocycles. The van der Waals surface area contributed by atoms with Crippen molar-refractivity contribution in [2.24, 2.45) is 5.92 Å². The Morgan fingerprint density at radius 2 is 2.43 bits per heavy atom. The third-order valence-electron chi connectivity index (χ3n) is 2.62. The minimum atomic E-state index is -0.340. The van der Waals surface area contributed by atoms with Crippen molar-refractivity contribution >= 4 is 5.97 Å². The number of carbonyl (C=O) groups is 1. The summed E-state index contributed by atoms with van der Waals surface area (Å²) in [6.45, 7) is 5.15. The van der Waals surface area contributed by atoms with Crippen LogP contribution in [0.15, 0.2) is 12.7 Å². The van der Waals surface area contributed by atoms with Crippen molar-refractivity contribution in [3.8, 4) is 0 Å². The molecule has 0 amide bonds. The van der Waals surface area contributed by atoms with E-state index >= 15 is 0 Å². The first-order valence-corrected chi connectivity index (χ1v) is 5.13. The normalized spacial score (nSPS) is 28.4. The molecule has 1 fully saturated rings. The molecule has 0 radical (unpaired) electrons. The predicted octanol–water partition coefficient (Wildman–Crippen LogP) is 1.66. The van der Waals surface area contributed by atoms with E-state index in [2.05, 4.69) is 6.58 Å². The SMILES string of the molecule is C=CC(=O)OC1CCC(CC(C)O)C1. The third kappa shape index (κ3) is 3.50. The molecule has 0 heterocycles. The molecule has 0 saturated heterocycles. The second kappa shape index (κ2) is 5.15. The van der Waals surface area contributed by atoms with Gasteiger partial charge in [0.05, 0.1) is 6.10 Å². The van der Waals surface area contributed by atoms with Gasteiger partial charge < -0.3 is 9.84 Å². The molecule has 0 bridgehead atoms. The largest absolute Gasteiger partial charge is 0.459 e. The Kier molecular flexibility index (Phi) is 4.14. The summed E-state index contributed by atoms with van der Waals surface area (Å²) in [7, 11) is 0. The van der Waals surface area contributed by atoms with Gasteiger partial charge in [-0.3, -0.25) is 0 Å². The molecule has 3 unspecified atom stereocenters. The van der Waals surface area contributed by atoms with Crippen molar-refractivity contribution < 1.29 is 14.6 Å². The predicted molar refractivity (Wildman–Crippen MR) is 53.7 cm³/mol. The number of carbonyl (C=O) groups excluding carboxylic acids is 1. The van der Waals surface area contributed by atoms with E-state index in [1.807, 2.05) is 0 Å². The molecule has 3 heteroatoms. The fraction of sp³-hybridized carbons (Fsp3) is 0.727. The lowest BCUT2D eigenvalue weighted by atomic mass is 10.0. The van der Waals surface area contributed by atoms with Crippen molar-refractivity contribution in [1.29, 1.82) is 0 Å². The monoisotopic (exact) mass is 198 g/mol. The highest BCUT2D eigenvalue weighted by Gasteiger charge is 2.27. The standard InChI is InChI=1S/C11H18O3/c1-3-11(13)14-10-5-4-9(7-10)6-8(2)12/h3,8-10,12H,1,4-7H2,2H3.